The zero-order valence-corrected chi connectivity index (χ0v) is 12.9. The molecule has 1 aromatic rings. The quantitative estimate of drug-likeness (QED) is 0.923. The first kappa shape index (κ1) is 14.6. The Morgan fingerprint density at radius 1 is 1.41 bits per heavy atom. The Morgan fingerprint density at radius 2 is 2.00 bits per heavy atom. The van der Waals surface area contributed by atoms with E-state index in [4.69, 9.17) is 4.74 Å². The number of hydrogen-bond acceptors (Lipinski definition) is 4. The van der Waals surface area contributed by atoms with Crippen molar-refractivity contribution in [3.05, 3.63) is 10.3 Å². The van der Waals surface area contributed by atoms with E-state index in [1.165, 1.54) is 0 Å². The minimum Gasteiger partial charge on any atom is -0.379 e. The first-order chi connectivity index (χ1) is 7.82. The Labute approximate surface area is 111 Å². The van der Waals surface area contributed by atoms with Crippen LogP contribution in [0.25, 0.3) is 0 Å². The Kier molecular flexibility index (Phi) is 4.69. The molecule has 0 radical (unpaired) electrons. The van der Waals surface area contributed by atoms with Crippen molar-refractivity contribution < 1.29 is 4.74 Å². The average molecular weight is 305 g/mol. The largest absolute Gasteiger partial charge is 0.379 e. The van der Waals surface area contributed by atoms with Gasteiger partial charge in [-0.15, -0.1) is 5.10 Å². The SMILES string of the molecule is CNC(c1c(Br)nnn1C)C(OC)C(C)(C)C. The van der Waals surface area contributed by atoms with E-state index in [0.717, 1.165) is 10.3 Å². The number of likely N-dealkylation sites (N-methyl/N-ethyl adjacent to an activating group) is 1. The van der Waals surface area contributed by atoms with Crippen LogP contribution in [0, 0.1) is 5.41 Å². The maximum Gasteiger partial charge on any atom is 0.153 e. The molecule has 0 saturated carbocycles. The summed E-state index contributed by atoms with van der Waals surface area (Å²) >= 11 is 3.43. The van der Waals surface area contributed by atoms with Gasteiger partial charge in [-0.1, -0.05) is 26.0 Å². The highest BCUT2D eigenvalue weighted by molar-refractivity contribution is 9.10. The maximum absolute atomic E-state index is 5.65. The van der Waals surface area contributed by atoms with E-state index in [1.54, 1.807) is 11.8 Å². The Morgan fingerprint density at radius 3 is 2.29 bits per heavy atom. The van der Waals surface area contributed by atoms with Gasteiger partial charge in [0.25, 0.3) is 0 Å². The normalized spacial score (nSPS) is 15.9. The highest BCUT2D eigenvalue weighted by atomic mass is 79.9. The third kappa shape index (κ3) is 3.05. The van der Waals surface area contributed by atoms with Crippen molar-refractivity contribution in [3.63, 3.8) is 0 Å². The van der Waals surface area contributed by atoms with Crippen LogP contribution in [-0.2, 0) is 11.8 Å². The maximum atomic E-state index is 5.65. The second kappa shape index (κ2) is 5.46. The number of methoxy groups -OCH3 is 1. The van der Waals surface area contributed by atoms with Crippen LogP contribution in [0.1, 0.15) is 32.5 Å². The Hall–Kier alpha value is -0.460. The summed E-state index contributed by atoms with van der Waals surface area (Å²) in [5, 5.41) is 11.3. The second-order valence-electron chi connectivity index (χ2n) is 5.18. The summed E-state index contributed by atoms with van der Waals surface area (Å²) in [5.41, 5.74) is 1.01. The van der Waals surface area contributed by atoms with E-state index in [2.05, 4.69) is 52.3 Å². The topological polar surface area (TPSA) is 52.0 Å². The van der Waals surface area contributed by atoms with Crippen LogP contribution in [0.15, 0.2) is 4.60 Å². The highest BCUT2D eigenvalue weighted by Gasteiger charge is 2.35. The number of hydrogen-bond donors (Lipinski definition) is 1. The summed E-state index contributed by atoms with van der Waals surface area (Å²) in [4.78, 5) is 0. The highest BCUT2D eigenvalue weighted by Crippen LogP contribution is 2.34. The van der Waals surface area contributed by atoms with Crippen LogP contribution in [0.3, 0.4) is 0 Å². The molecule has 17 heavy (non-hydrogen) atoms. The van der Waals surface area contributed by atoms with Gasteiger partial charge in [0.2, 0.25) is 0 Å². The molecule has 2 atom stereocenters. The van der Waals surface area contributed by atoms with Gasteiger partial charge in [0.15, 0.2) is 4.60 Å². The molecule has 0 aliphatic heterocycles. The molecule has 0 spiro atoms. The van der Waals surface area contributed by atoms with Gasteiger partial charge in [0.05, 0.1) is 17.8 Å². The van der Waals surface area contributed by atoms with E-state index in [0.29, 0.717) is 0 Å². The standard InChI is InChI=1S/C11H21BrN4O/c1-11(2,3)9(17-6)7(13-4)8-10(12)14-15-16(8)5/h7,9,13H,1-6H3. The van der Waals surface area contributed by atoms with Crippen molar-refractivity contribution in [2.75, 3.05) is 14.2 Å². The third-order valence-corrected chi connectivity index (χ3v) is 3.41. The predicted octanol–water partition coefficient (Wildman–Crippen LogP) is 1.90. The zero-order valence-electron chi connectivity index (χ0n) is 11.3. The molecule has 6 heteroatoms. The molecule has 0 bridgehead atoms. The van der Waals surface area contributed by atoms with Crippen LogP contribution in [0.2, 0.25) is 0 Å². The number of rotatable bonds is 4. The lowest BCUT2D eigenvalue weighted by Crippen LogP contribution is -2.41. The van der Waals surface area contributed by atoms with Crippen LogP contribution in [0.5, 0.6) is 0 Å². The van der Waals surface area contributed by atoms with Crippen LogP contribution >= 0.6 is 15.9 Å². The van der Waals surface area contributed by atoms with Crippen molar-refractivity contribution in [2.45, 2.75) is 32.9 Å². The molecular formula is C11H21BrN4O. The van der Waals surface area contributed by atoms with E-state index >= 15 is 0 Å². The van der Waals surface area contributed by atoms with Crippen molar-refractivity contribution in [1.29, 1.82) is 0 Å². The number of halogens is 1. The van der Waals surface area contributed by atoms with Gasteiger partial charge in [0, 0.05) is 14.2 Å². The lowest BCUT2D eigenvalue weighted by molar-refractivity contribution is -0.0121. The number of ether oxygens (including phenoxy) is 1. The third-order valence-electron chi connectivity index (χ3n) is 2.84. The minimum absolute atomic E-state index is 0.0200. The Bertz CT molecular complexity index is 353. The molecule has 1 heterocycles. The number of nitrogens with zero attached hydrogens (tertiary/aromatic N) is 3. The molecule has 0 aliphatic rings. The van der Waals surface area contributed by atoms with Gasteiger partial charge in [-0.25, -0.2) is 4.68 Å². The summed E-state index contributed by atoms with van der Waals surface area (Å²) in [7, 11) is 5.53. The number of aryl methyl sites for hydroxylation is 1. The first-order valence-corrected chi connectivity index (χ1v) is 6.37. The fourth-order valence-electron chi connectivity index (χ4n) is 2.09. The molecular weight excluding hydrogens is 284 g/mol. The van der Waals surface area contributed by atoms with Gasteiger partial charge >= 0.3 is 0 Å². The lowest BCUT2D eigenvalue weighted by Gasteiger charge is -2.35. The zero-order chi connectivity index (χ0) is 13.2. The van der Waals surface area contributed by atoms with Gasteiger partial charge in [-0.2, -0.15) is 0 Å². The van der Waals surface area contributed by atoms with Gasteiger partial charge in [-0.3, -0.25) is 0 Å². The predicted molar refractivity (Wildman–Crippen MR) is 70.8 cm³/mol. The van der Waals surface area contributed by atoms with Crippen molar-refractivity contribution in [3.8, 4) is 0 Å². The van der Waals surface area contributed by atoms with Crippen LogP contribution in [-0.4, -0.2) is 35.3 Å². The summed E-state index contributed by atoms with van der Waals surface area (Å²) in [6, 6.07) is 0.0365. The summed E-state index contributed by atoms with van der Waals surface area (Å²) < 4.78 is 8.17. The first-order valence-electron chi connectivity index (χ1n) is 5.58. The molecule has 1 aromatic heterocycles. The molecule has 0 amide bonds. The fourth-order valence-corrected chi connectivity index (χ4v) is 2.66. The average Bonchev–Trinajstić information content (AvgIpc) is 2.54. The molecule has 2 unspecified atom stereocenters. The molecule has 5 nitrogen and oxygen atoms in total. The second-order valence-corrected chi connectivity index (χ2v) is 5.93. The molecule has 98 valence electrons. The van der Waals surface area contributed by atoms with Gasteiger partial charge in [0.1, 0.15) is 0 Å². The van der Waals surface area contributed by atoms with Gasteiger partial charge in [-0.05, 0) is 28.4 Å². The van der Waals surface area contributed by atoms with E-state index in [1.807, 2.05) is 14.1 Å². The summed E-state index contributed by atoms with van der Waals surface area (Å²) in [6.07, 6.45) is 0.0287. The fraction of sp³-hybridized carbons (Fsp3) is 0.818. The van der Waals surface area contributed by atoms with E-state index in [9.17, 15) is 0 Å². The molecule has 1 rings (SSSR count). The molecule has 0 aliphatic carbocycles. The van der Waals surface area contributed by atoms with E-state index < -0.39 is 0 Å². The number of nitrogens with one attached hydrogen (secondary N) is 1. The van der Waals surface area contributed by atoms with Crippen molar-refractivity contribution in [1.82, 2.24) is 20.3 Å². The minimum atomic E-state index is 0.0200. The van der Waals surface area contributed by atoms with Crippen molar-refractivity contribution >= 4 is 15.9 Å². The lowest BCUT2D eigenvalue weighted by atomic mass is 9.83. The summed E-state index contributed by atoms with van der Waals surface area (Å²) in [6.45, 7) is 6.47. The smallest absolute Gasteiger partial charge is 0.153 e. The van der Waals surface area contributed by atoms with E-state index in [-0.39, 0.29) is 17.6 Å². The molecule has 0 aromatic carbocycles. The molecule has 1 N–H and O–H groups in total. The van der Waals surface area contributed by atoms with Crippen molar-refractivity contribution in [2.24, 2.45) is 12.5 Å². The van der Waals surface area contributed by atoms with Crippen LogP contribution < -0.4 is 5.32 Å². The summed E-state index contributed by atoms with van der Waals surface area (Å²) in [5.74, 6) is 0. The van der Waals surface area contributed by atoms with Crippen LogP contribution in [0.4, 0.5) is 0 Å². The number of aromatic nitrogens is 3. The Balaban J connectivity index is 3.15. The molecule has 0 fully saturated rings. The molecule has 0 saturated heterocycles. The van der Waals surface area contributed by atoms with Gasteiger partial charge < -0.3 is 10.1 Å². The monoisotopic (exact) mass is 304 g/mol.